The van der Waals surface area contributed by atoms with E-state index in [-0.39, 0.29) is 11.7 Å². The number of carbonyl (C=O) groups is 1. The lowest BCUT2D eigenvalue weighted by atomic mass is 10.0. The molecule has 5 nitrogen and oxygen atoms in total. The maximum Gasteiger partial charge on any atom is 0.270 e. The smallest absolute Gasteiger partial charge is 0.270 e. The molecule has 1 aromatic carbocycles. The Hall–Kier alpha value is -1.92. The van der Waals surface area contributed by atoms with Gasteiger partial charge in [0.25, 0.3) is 5.91 Å². The summed E-state index contributed by atoms with van der Waals surface area (Å²) in [5.74, 6) is -0.408. The number of carbonyl (C=O) groups excluding carboxylic acids is 1. The van der Waals surface area contributed by atoms with Gasteiger partial charge in [0.15, 0.2) is 0 Å². The summed E-state index contributed by atoms with van der Waals surface area (Å²) in [5, 5.41) is 11.6. The first-order valence-electron chi connectivity index (χ1n) is 8.94. The van der Waals surface area contributed by atoms with Gasteiger partial charge >= 0.3 is 0 Å². The molecule has 2 aromatic rings. The van der Waals surface area contributed by atoms with Crippen LogP contribution in [0.5, 0.6) is 0 Å². The van der Waals surface area contributed by atoms with Gasteiger partial charge in [0.2, 0.25) is 0 Å². The molecule has 2 fully saturated rings. The molecule has 1 aromatic heterocycles. The SMILES string of the molecule is Cn1c(C(=O)N2CC[C@](O)(CN3CCCC3)C2)cc2cc(F)ccc21. The number of hydrogen-bond acceptors (Lipinski definition) is 3. The zero-order valence-electron chi connectivity index (χ0n) is 14.5. The number of aryl methyl sites for hydroxylation is 1. The van der Waals surface area contributed by atoms with Crippen molar-refractivity contribution in [1.82, 2.24) is 14.4 Å². The van der Waals surface area contributed by atoms with Crippen LogP contribution in [0.1, 0.15) is 29.8 Å². The number of hydrogen-bond donors (Lipinski definition) is 1. The van der Waals surface area contributed by atoms with E-state index in [1.54, 1.807) is 21.6 Å². The predicted octanol–water partition coefficient (Wildman–Crippen LogP) is 1.99. The van der Waals surface area contributed by atoms with Crippen LogP contribution in [0.4, 0.5) is 4.39 Å². The summed E-state index contributed by atoms with van der Waals surface area (Å²) in [6, 6.07) is 6.27. The summed E-state index contributed by atoms with van der Waals surface area (Å²) < 4.78 is 15.2. The zero-order chi connectivity index (χ0) is 17.6. The van der Waals surface area contributed by atoms with Crippen molar-refractivity contribution in [3.05, 3.63) is 35.8 Å². The maximum atomic E-state index is 13.4. The van der Waals surface area contributed by atoms with E-state index < -0.39 is 5.60 Å². The van der Waals surface area contributed by atoms with E-state index >= 15 is 0 Å². The first-order chi connectivity index (χ1) is 12.0. The monoisotopic (exact) mass is 345 g/mol. The van der Waals surface area contributed by atoms with E-state index in [0.717, 1.165) is 24.0 Å². The van der Waals surface area contributed by atoms with E-state index in [0.29, 0.717) is 31.7 Å². The third-order valence-corrected chi connectivity index (χ3v) is 5.56. The van der Waals surface area contributed by atoms with Crippen molar-refractivity contribution in [3.63, 3.8) is 0 Å². The van der Waals surface area contributed by atoms with Crippen molar-refractivity contribution >= 4 is 16.8 Å². The van der Waals surface area contributed by atoms with Gasteiger partial charge in [-0.2, -0.15) is 0 Å². The molecule has 0 saturated carbocycles. The molecular weight excluding hydrogens is 321 g/mol. The molecule has 4 rings (SSSR count). The van der Waals surface area contributed by atoms with Crippen LogP contribution in [0.2, 0.25) is 0 Å². The van der Waals surface area contributed by atoms with Gasteiger partial charge in [0.05, 0.1) is 12.1 Å². The van der Waals surface area contributed by atoms with Gasteiger partial charge in [-0.1, -0.05) is 0 Å². The Morgan fingerprint density at radius 2 is 2.00 bits per heavy atom. The molecule has 6 heteroatoms. The van der Waals surface area contributed by atoms with Gasteiger partial charge in [-0.3, -0.25) is 4.79 Å². The van der Waals surface area contributed by atoms with Gasteiger partial charge in [-0.25, -0.2) is 4.39 Å². The fourth-order valence-corrected chi connectivity index (χ4v) is 4.20. The zero-order valence-corrected chi connectivity index (χ0v) is 14.5. The number of halogens is 1. The van der Waals surface area contributed by atoms with E-state index in [2.05, 4.69) is 4.90 Å². The average molecular weight is 345 g/mol. The molecular formula is C19H24FN3O2. The van der Waals surface area contributed by atoms with Gasteiger partial charge in [-0.15, -0.1) is 0 Å². The Morgan fingerprint density at radius 1 is 1.24 bits per heavy atom. The second kappa shape index (κ2) is 6.11. The lowest BCUT2D eigenvalue weighted by molar-refractivity contribution is 0.0174. The van der Waals surface area contributed by atoms with E-state index in [1.807, 2.05) is 7.05 Å². The molecule has 3 heterocycles. The van der Waals surface area contributed by atoms with Crippen LogP contribution in [0.3, 0.4) is 0 Å². The third-order valence-electron chi connectivity index (χ3n) is 5.56. The average Bonchev–Trinajstić information content (AvgIpc) is 3.28. The van der Waals surface area contributed by atoms with E-state index in [1.165, 1.54) is 25.0 Å². The molecule has 0 bridgehead atoms. The first-order valence-corrected chi connectivity index (χ1v) is 8.94. The highest BCUT2D eigenvalue weighted by Crippen LogP contribution is 2.27. The Bertz CT molecular complexity index is 812. The highest BCUT2D eigenvalue weighted by atomic mass is 19.1. The summed E-state index contributed by atoms with van der Waals surface area (Å²) in [5.41, 5.74) is 0.541. The van der Waals surface area contributed by atoms with Gasteiger partial charge < -0.3 is 19.5 Å². The summed E-state index contributed by atoms with van der Waals surface area (Å²) in [7, 11) is 1.82. The van der Waals surface area contributed by atoms with Crippen LogP contribution >= 0.6 is 0 Å². The number of fused-ring (bicyclic) bond motifs is 1. The number of aliphatic hydroxyl groups is 1. The predicted molar refractivity (Wildman–Crippen MR) is 94.0 cm³/mol. The summed E-state index contributed by atoms with van der Waals surface area (Å²) in [6.45, 7) is 3.62. The Morgan fingerprint density at radius 3 is 2.76 bits per heavy atom. The van der Waals surface area contributed by atoms with Crippen molar-refractivity contribution in [2.75, 3.05) is 32.7 Å². The maximum absolute atomic E-state index is 13.4. The van der Waals surface area contributed by atoms with Gasteiger partial charge in [0, 0.05) is 31.0 Å². The number of aromatic nitrogens is 1. The molecule has 0 radical (unpaired) electrons. The van der Waals surface area contributed by atoms with Crippen molar-refractivity contribution in [1.29, 1.82) is 0 Å². The highest BCUT2D eigenvalue weighted by Gasteiger charge is 2.40. The van der Waals surface area contributed by atoms with E-state index in [9.17, 15) is 14.3 Å². The number of nitrogens with zero attached hydrogens (tertiary/aromatic N) is 3. The molecule has 1 atom stereocenters. The number of rotatable bonds is 3. The Kier molecular flexibility index (Phi) is 4.04. The molecule has 0 aliphatic carbocycles. The molecule has 2 aliphatic heterocycles. The molecule has 0 unspecified atom stereocenters. The van der Waals surface area contributed by atoms with Crippen LogP contribution in [0, 0.1) is 5.82 Å². The second-order valence-corrected chi connectivity index (χ2v) is 7.48. The van der Waals surface area contributed by atoms with Gasteiger partial charge in [-0.05, 0) is 56.6 Å². The molecule has 25 heavy (non-hydrogen) atoms. The summed E-state index contributed by atoms with van der Waals surface area (Å²) in [6.07, 6.45) is 2.98. The highest BCUT2D eigenvalue weighted by molar-refractivity contribution is 5.98. The van der Waals surface area contributed by atoms with Crippen molar-refractivity contribution < 1.29 is 14.3 Å². The van der Waals surface area contributed by atoms with Crippen LogP contribution < -0.4 is 0 Å². The lowest BCUT2D eigenvalue weighted by Gasteiger charge is -2.28. The van der Waals surface area contributed by atoms with Crippen molar-refractivity contribution in [3.8, 4) is 0 Å². The molecule has 2 saturated heterocycles. The summed E-state index contributed by atoms with van der Waals surface area (Å²) in [4.78, 5) is 16.9. The molecule has 1 amide bonds. The van der Waals surface area contributed by atoms with Crippen LogP contribution in [0.25, 0.3) is 10.9 Å². The largest absolute Gasteiger partial charge is 0.387 e. The molecule has 2 aliphatic rings. The van der Waals surface area contributed by atoms with Gasteiger partial charge in [0.1, 0.15) is 11.5 Å². The fourth-order valence-electron chi connectivity index (χ4n) is 4.20. The minimum Gasteiger partial charge on any atom is -0.387 e. The number of likely N-dealkylation sites (tertiary alicyclic amines) is 2. The second-order valence-electron chi connectivity index (χ2n) is 7.48. The van der Waals surface area contributed by atoms with Crippen molar-refractivity contribution in [2.24, 2.45) is 7.05 Å². The molecule has 1 N–H and O–H groups in total. The fraction of sp³-hybridized carbons (Fsp3) is 0.526. The van der Waals surface area contributed by atoms with Crippen molar-refractivity contribution in [2.45, 2.75) is 24.9 Å². The Labute approximate surface area is 146 Å². The molecule has 134 valence electrons. The van der Waals surface area contributed by atoms with Crippen LogP contribution in [0.15, 0.2) is 24.3 Å². The van der Waals surface area contributed by atoms with E-state index in [4.69, 9.17) is 0 Å². The standard InChI is InChI=1S/C19H24FN3O2/c1-21-16-5-4-15(20)10-14(16)11-17(21)18(24)23-9-6-19(25,13-23)12-22-7-2-3-8-22/h4-5,10-11,25H,2-3,6-9,12-13H2,1H3/t19-/m0/s1. The quantitative estimate of drug-likeness (QED) is 0.926. The number of benzene rings is 1. The lowest BCUT2D eigenvalue weighted by Crippen LogP contribution is -2.45. The summed E-state index contributed by atoms with van der Waals surface area (Å²) >= 11 is 0. The number of amides is 1. The van der Waals surface area contributed by atoms with Crippen LogP contribution in [-0.4, -0.2) is 63.7 Å². The minimum atomic E-state index is -0.823. The first kappa shape index (κ1) is 16.5. The minimum absolute atomic E-state index is 0.101. The number of β-amino-alcohol motifs (C(OH)–C–C–N with tert-alkyl or cyclic N) is 1. The molecule has 0 spiro atoms. The Balaban J connectivity index is 1.52. The van der Waals surface area contributed by atoms with Crippen LogP contribution in [-0.2, 0) is 7.05 Å². The third kappa shape index (κ3) is 3.04. The topological polar surface area (TPSA) is 48.7 Å². The normalized spacial score (nSPS) is 24.5.